The molecule has 2 saturated carbocycles. The second-order valence-corrected chi connectivity index (χ2v) is 15.6. The fraction of sp³-hybridized carbons (Fsp3) is 0.578. The molecule has 0 spiro atoms. The van der Waals surface area contributed by atoms with Crippen molar-refractivity contribution in [1.82, 2.24) is 4.90 Å². The molecule has 5 aliphatic rings. The van der Waals surface area contributed by atoms with Gasteiger partial charge in [0, 0.05) is 25.6 Å². The number of aliphatic hydroxyl groups excluding tert-OH is 2. The number of aliphatic hydroxyl groups is 2. The predicted molar refractivity (Wildman–Crippen MR) is 209 cm³/mol. The third-order valence-corrected chi connectivity index (χ3v) is 11.0. The first-order valence-electron chi connectivity index (χ1n) is 18.9. The van der Waals surface area contributed by atoms with E-state index in [1.807, 2.05) is 45.0 Å². The molecule has 2 aliphatic carbocycles. The van der Waals surface area contributed by atoms with Gasteiger partial charge in [-0.25, -0.2) is 4.79 Å². The fourth-order valence-corrected chi connectivity index (χ4v) is 7.73. The van der Waals surface area contributed by atoms with Crippen molar-refractivity contribution in [2.45, 2.75) is 117 Å². The smallest absolute Gasteiger partial charge is 0.410 e. The summed E-state index contributed by atoms with van der Waals surface area (Å²) in [7, 11) is 0. The number of benzene rings is 3. The van der Waals surface area contributed by atoms with Gasteiger partial charge in [-0.15, -0.1) is 0 Å². The van der Waals surface area contributed by atoms with Crippen molar-refractivity contribution in [2.24, 2.45) is 17.8 Å². The van der Waals surface area contributed by atoms with Crippen molar-refractivity contribution in [1.29, 1.82) is 0 Å². The average Bonchev–Trinajstić information content (AvgIpc) is 3.03. The monoisotopic (exact) mass is 715 g/mol. The minimum atomic E-state index is -0.624. The molecule has 3 fully saturated rings. The van der Waals surface area contributed by atoms with Crippen molar-refractivity contribution in [3.63, 3.8) is 0 Å². The molecule has 8 rings (SSSR count). The van der Waals surface area contributed by atoms with Crippen LogP contribution in [-0.2, 0) is 33.5 Å². The van der Waals surface area contributed by atoms with Gasteiger partial charge in [-0.05, 0) is 111 Å². The average molecular weight is 716 g/mol. The first-order chi connectivity index (χ1) is 24.2. The number of hydrogen-bond acceptors (Lipinski definition) is 6. The Morgan fingerprint density at radius 3 is 1.73 bits per heavy atom. The highest BCUT2D eigenvalue weighted by Crippen LogP contribution is 2.44. The zero-order valence-electron chi connectivity index (χ0n) is 30.3. The molecule has 0 radical (unpaired) electrons. The van der Waals surface area contributed by atoms with Crippen LogP contribution in [0.25, 0.3) is 0 Å². The lowest BCUT2D eigenvalue weighted by Crippen LogP contribution is -2.53. The summed E-state index contributed by atoms with van der Waals surface area (Å²) in [5, 5.41) is 19.6. The van der Waals surface area contributed by atoms with E-state index in [1.165, 1.54) is 60.8 Å². The van der Waals surface area contributed by atoms with E-state index in [0.29, 0.717) is 31.7 Å². The van der Waals surface area contributed by atoms with Crippen LogP contribution in [0.15, 0.2) is 72.8 Å². The van der Waals surface area contributed by atoms with Crippen molar-refractivity contribution >= 4 is 6.09 Å². The number of amides is 1. The van der Waals surface area contributed by atoms with E-state index in [0.717, 1.165) is 49.0 Å². The topological polar surface area (TPSA) is 88.5 Å². The van der Waals surface area contributed by atoms with Crippen molar-refractivity contribution in [3.8, 4) is 0 Å². The number of fused-ring (bicyclic) bond motifs is 2. The number of carbonyl (C=O) groups is 1. The number of carbonyl (C=O) groups excluding carboxylic acids is 1. The summed E-state index contributed by atoms with van der Waals surface area (Å²) in [4.78, 5) is 13.5. The van der Waals surface area contributed by atoms with Gasteiger partial charge in [-0.3, -0.25) is 0 Å². The van der Waals surface area contributed by atoms with Gasteiger partial charge in [0.05, 0.1) is 31.5 Å². The summed E-state index contributed by atoms with van der Waals surface area (Å²) in [6, 6.07) is 25.1. The van der Waals surface area contributed by atoms with Gasteiger partial charge in [0.1, 0.15) is 5.60 Å². The molecule has 3 aromatic carbocycles. The second kappa shape index (κ2) is 19.2. The Labute approximate surface area is 313 Å². The third kappa shape index (κ3) is 10.2. The van der Waals surface area contributed by atoms with Crippen LogP contribution in [0, 0.1) is 17.8 Å². The number of rotatable bonds is 6. The van der Waals surface area contributed by atoms with Crippen molar-refractivity contribution < 1.29 is 29.2 Å². The second-order valence-electron chi connectivity index (χ2n) is 15.6. The molecule has 3 aromatic rings. The van der Waals surface area contributed by atoms with Crippen molar-refractivity contribution in [3.05, 3.63) is 106 Å². The van der Waals surface area contributed by atoms with Crippen molar-refractivity contribution in [2.75, 3.05) is 32.9 Å². The summed E-state index contributed by atoms with van der Waals surface area (Å²) in [6.45, 7) is 8.37. The van der Waals surface area contributed by atoms with E-state index in [-0.39, 0.29) is 33.5 Å². The van der Waals surface area contributed by atoms with Gasteiger partial charge in [-0.2, -0.15) is 0 Å². The lowest BCUT2D eigenvalue weighted by Gasteiger charge is -2.42. The van der Waals surface area contributed by atoms with Crippen LogP contribution in [0.5, 0.6) is 0 Å². The van der Waals surface area contributed by atoms with Crippen LogP contribution in [-0.4, -0.2) is 59.7 Å². The van der Waals surface area contributed by atoms with Crippen LogP contribution < -0.4 is 0 Å². The molecular weight excluding hydrogens is 650 g/mol. The Morgan fingerprint density at radius 1 is 0.788 bits per heavy atom. The van der Waals surface area contributed by atoms with Gasteiger partial charge in [-0.1, -0.05) is 100 Å². The molecule has 2 N–H and O–H groups in total. The lowest BCUT2D eigenvalue weighted by atomic mass is 9.77. The highest BCUT2D eigenvalue weighted by Gasteiger charge is 2.39. The Hall–Kier alpha value is -3.23. The predicted octanol–water partition coefficient (Wildman–Crippen LogP) is 9.59. The fourth-order valence-electron chi connectivity index (χ4n) is 7.73. The SMILES string of the molecule is C.C.CC(C)(C)OC(=O)N1CC(C(O)c2ccccc2CCO)C1.c1ccc2c(c1)CCO[C@@H]2C1CCC1.c1ccc2c(c1)CCO[C@H]2C1CCC1. The van der Waals surface area contributed by atoms with E-state index < -0.39 is 11.7 Å². The maximum Gasteiger partial charge on any atom is 0.410 e. The maximum atomic E-state index is 11.9. The zero-order valence-corrected chi connectivity index (χ0v) is 30.3. The maximum absolute atomic E-state index is 11.9. The quantitative estimate of drug-likeness (QED) is 0.264. The van der Waals surface area contributed by atoms with E-state index >= 15 is 0 Å². The molecule has 7 nitrogen and oxygen atoms in total. The van der Waals surface area contributed by atoms with E-state index in [2.05, 4.69) is 48.5 Å². The summed E-state index contributed by atoms with van der Waals surface area (Å²) in [6.07, 6.45) is 10.8. The number of ether oxygens (including phenoxy) is 3. The number of hydrogen-bond donors (Lipinski definition) is 2. The molecule has 286 valence electrons. The molecule has 3 atom stereocenters. The standard InChI is InChI=1S/C17H25NO4.2C13H16O.2CH4/c1-17(2,3)22-16(21)18-10-13(11-18)15(20)14-7-5-4-6-12(14)8-9-19;2*1-2-7-12-10(4-1)8-9-14-13(12)11-5-3-6-11;;/h4-7,13,15,19-20H,8-11H2,1-3H3;2*1-2,4,7,11,13H,3,5-6,8-9H2;2*1H4/t;2*13-;;/m.10../s1. The molecule has 1 unspecified atom stereocenters. The first kappa shape index (κ1) is 41.5. The Morgan fingerprint density at radius 2 is 1.27 bits per heavy atom. The first-order valence-corrected chi connectivity index (χ1v) is 18.9. The summed E-state index contributed by atoms with van der Waals surface area (Å²) >= 11 is 0. The summed E-state index contributed by atoms with van der Waals surface area (Å²) in [5.74, 6) is 1.61. The minimum absolute atomic E-state index is 0. The van der Waals surface area contributed by atoms with Crippen LogP contribution in [0.2, 0.25) is 0 Å². The van der Waals surface area contributed by atoms with E-state index in [9.17, 15) is 9.90 Å². The highest BCUT2D eigenvalue weighted by molar-refractivity contribution is 5.69. The molecule has 1 saturated heterocycles. The Balaban J connectivity index is 0.000000177. The zero-order chi connectivity index (χ0) is 35.1. The van der Waals surface area contributed by atoms with Gasteiger partial charge >= 0.3 is 6.09 Å². The van der Waals surface area contributed by atoms with Gasteiger partial charge < -0.3 is 29.3 Å². The normalized spacial score (nSPS) is 21.6. The van der Waals surface area contributed by atoms with Gasteiger partial charge in [0.25, 0.3) is 0 Å². The summed E-state index contributed by atoms with van der Waals surface area (Å²) < 4.78 is 17.1. The molecule has 0 bridgehead atoms. The molecular formula is C45H65NO6. The molecule has 52 heavy (non-hydrogen) atoms. The molecule has 3 aliphatic heterocycles. The Kier molecular flexibility index (Phi) is 15.3. The molecule has 0 aromatic heterocycles. The van der Waals surface area contributed by atoms with Crippen LogP contribution >= 0.6 is 0 Å². The number of nitrogens with zero attached hydrogens (tertiary/aromatic N) is 1. The lowest BCUT2D eigenvalue weighted by molar-refractivity contribution is -0.0316. The van der Waals surface area contributed by atoms with Crippen LogP contribution in [0.3, 0.4) is 0 Å². The van der Waals surface area contributed by atoms with E-state index in [1.54, 1.807) is 4.90 Å². The number of likely N-dealkylation sites (tertiary alicyclic amines) is 1. The van der Waals surface area contributed by atoms with Gasteiger partial charge in [0.2, 0.25) is 0 Å². The van der Waals surface area contributed by atoms with E-state index in [4.69, 9.17) is 19.3 Å². The summed E-state index contributed by atoms with van der Waals surface area (Å²) in [5.41, 5.74) is 7.23. The van der Waals surface area contributed by atoms with Crippen LogP contribution in [0.4, 0.5) is 4.79 Å². The highest BCUT2D eigenvalue weighted by atomic mass is 16.6. The Bertz CT molecular complexity index is 1470. The van der Waals surface area contributed by atoms with Gasteiger partial charge in [0.15, 0.2) is 0 Å². The third-order valence-electron chi connectivity index (χ3n) is 11.0. The van der Waals surface area contributed by atoms with Crippen LogP contribution in [0.1, 0.15) is 126 Å². The minimum Gasteiger partial charge on any atom is -0.444 e. The molecule has 7 heteroatoms. The molecule has 1 amide bonds. The largest absolute Gasteiger partial charge is 0.444 e. The molecule has 3 heterocycles.